The van der Waals surface area contributed by atoms with Crippen molar-refractivity contribution in [2.75, 3.05) is 19.8 Å². The average molecular weight is 319 g/mol. The zero-order valence-corrected chi connectivity index (χ0v) is 13.8. The molecule has 0 bridgehead atoms. The number of aromatic nitrogens is 1. The highest BCUT2D eigenvalue weighted by atomic mass is 16.7. The molecule has 1 aromatic carbocycles. The van der Waals surface area contributed by atoms with Crippen molar-refractivity contribution in [2.24, 2.45) is 0 Å². The Labute approximate surface area is 137 Å². The van der Waals surface area contributed by atoms with Gasteiger partial charge in [-0.2, -0.15) is 0 Å². The lowest BCUT2D eigenvalue weighted by molar-refractivity contribution is -0.149. The highest BCUT2D eigenvalue weighted by molar-refractivity contribution is 5.84. The molecule has 0 spiro atoms. The maximum atomic E-state index is 9.85. The number of fused-ring (bicyclic) bond motifs is 1. The molecule has 0 amide bonds. The van der Waals surface area contributed by atoms with Gasteiger partial charge in [0.2, 0.25) is 5.88 Å². The summed E-state index contributed by atoms with van der Waals surface area (Å²) < 4.78 is 17.0. The van der Waals surface area contributed by atoms with E-state index in [0.717, 1.165) is 18.2 Å². The molecule has 5 heteroatoms. The van der Waals surface area contributed by atoms with Crippen LogP contribution in [0.1, 0.15) is 33.1 Å². The van der Waals surface area contributed by atoms with Gasteiger partial charge in [0.25, 0.3) is 0 Å². The van der Waals surface area contributed by atoms with Gasteiger partial charge in [-0.3, -0.25) is 0 Å². The topological polar surface area (TPSA) is 60.8 Å². The largest absolute Gasteiger partial charge is 0.506 e. The molecule has 1 heterocycles. The Hall–Kier alpha value is -1.85. The molecule has 1 aromatic heterocycles. The molecule has 23 heavy (non-hydrogen) atoms. The summed E-state index contributed by atoms with van der Waals surface area (Å²) in [6, 6.07) is 9.00. The van der Waals surface area contributed by atoms with E-state index < -0.39 is 0 Å². The number of benzene rings is 1. The first-order valence-electron chi connectivity index (χ1n) is 8.19. The molecule has 0 radical (unpaired) electrons. The van der Waals surface area contributed by atoms with Gasteiger partial charge in [0, 0.05) is 31.1 Å². The Morgan fingerprint density at radius 1 is 1.00 bits per heavy atom. The molecule has 126 valence electrons. The second kappa shape index (κ2) is 9.33. The summed E-state index contributed by atoms with van der Waals surface area (Å²) in [5.41, 5.74) is 0.547. The number of phenols is 1. The first kappa shape index (κ1) is 17.5. The summed E-state index contributed by atoms with van der Waals surface area (Å²) in [5.74, 6) is 0.645. The van der Waals surface area contributed by atoms with Crippen molar-refractivity contribution in [1.82, 2.24) is 4.98 Å². The summed E-state index contributed by atoms with van der Waals surface area (Å²) in [5, 5.41) is 10.7. The van der Waals surface area contributed by atoms with Gasteiger partial charge in [-0.1, -0.05) is 26.0 Å². The van der Waals surface area contributed by atoms with Crippen LogP contribution in [0.3, 0.4) is 0 Å². The van der Waals surface area contributed by atoms with Crippen molar-refractivity contribution in [2.45, 2.75) is 39.4 Å². The number of rotatable bonds is 10. The van der Waals surface area contributed by atoms with Crippen molar-refractivity contribution < 1.29 is 19.3 Å². The van der Waals surface area contributed by atoms with Crippen molar-refractivity contribution in [3.8, 4) is 11.6 Å². The molecule has 2 aromatic rings. The lowest BCUT2D eigenvalue weighted by Gasteiger charge is -2.18. The van der Waals surface area contributed by atoms with Gasteiger partial charge >= 0.3 is 0 Å². The molecule has 0 fully saturated rings. The van der Waals surface area contributed by atoms with E-state index in [4.69, 9.17) is 14.2 Å². The average Bonchev–Trinajstić information content (AvgIpc) is 2.57. The molecule has 5 nitrogen and oxygen atoms in total. The summed E-state index contributed by atoms with van der Waals surface area (Å²) in [6.45, 7) is 5.94. The maximum absolute atomic E-state index is 9.85. The van der Waals surface area contributed by atoms with Gasteiger partial charge in [0.15, 0.2) is 6.29 Å². The first-order chi connectivity index (χ1) is 11.2. The molecule has 0 aliphatic rings. The number of para-hydroxylation sites is 1. The number of hydrogen-bond donors (Lipinski definition) is 1. The van der Waals surface area contributed by atoms with Crippen LogP contribution >= 0.6 is 0 Å². The second-order valence-corrected chi connectivity index (χ2v) is 5.31. The molecule has 0 unspecified atom stereocenters. The second-order valence-electron chi connectivity index (χ2n) is 5.31. The Balaban J connectivity index is 1.90. The van der Waals surface area contributed by atoms with Crippen LogP contribution in [0.2, 0.25) is 0 Å². The maximum Gasteiger partial charge on any atom is 0.213 e. The zero-order chi connectivity index (χ0) is 16.5. The van der Waals surface area contributed by atoms with Crippen LogP contribution in [0.25, 0.3) is 10.9 Å². The highest BCUT2D eigenvalue weighted by Gasteiger charge is 2.10. The zero-order valence-electron chi connectivity index (χ0n) is 13.8. The SMILES string of the molecule is CCCOC(CCOc1ccc2cccc(O)c2n1)OCCC. The molecule has 0 saturated carbocycles. The number of phenolic OH excluding ortho intramolecular Hbond substituents is 1. The molecule has 0 aliphatic carbocycles. The van der Waals surface area contributed by atoms with Gasteiger partial charge in [0.05, 0.1) is 6.61 Å². The van der Waals surface area contributed by atoms with E-state index in [1.165, 1.54) is 0 Å². The number of ether oxygens (including phenoxy) is 3. The quantitative estimate of drug-likeness (QED) is 0.673. The summed E-state index contributed by atoms with van der Waals surface area (Å²) in [6.07, 6.45) is 2.31. The van der Waals surface area contributed by atoms with Gasteiger partial charge in [-0.15, -0.1) is 0 Å². The standard InChI is InChI=1S/C18H25NO4/c1-3-11-22-17(23-12-4-2)10-13-21-16-9-8-14-6-5-7-15(20)18(14)19-16/h5-9,17,20H,3-4,10-13H2,1-2H3. The van der Waals surface area contributed by atoms with Crippen LogP contribution in [-0.2, 0) is 9.47 Å². The van der Waals surface area contributed by atoms with Crippen molar-refractivity contribution in [3.63, 3.8) is 0 Å². The Morgan fingerprint density at radius 2 is 1.74 bits per heavy atom. The highest BCUT2D eigenvalue weighted by Crippen LogP contribution is 2.24. The van der Waals surface area contributed by atoms with Crippen LogP contribution < -0.4 is 4.74 Å². The van der Waals surface area contributed by atoms with Crippen LogP contribution in [0.15, 0.2) is 30.3 Å². The predicted molar refractivity (Wildman–Crippen MR) is 89.8 cm³/mol. The number of nitrogens with zero attached hydrogens (tertiary/aromatic N) is 1. The first-order valence-corrected chi connectivity index (χ1v) is 8.19. The third kappa shape index (κ3) is 5.37. The fraction of sp³-hybridized carbons (Fsp3) is 0.500. The minimum absolute atomic E-state index is 0.156. The minimum atomic E-state index is -0.247. The van der Waals surface area contributed by atoms with E-state index in [9.17, 15) is 5.11 Å². The molecule has 1 N–H and O–H groups in total. The monoisotopic (exact) mass is 319 g/mol. The normalized spacial score (nSPS) is 11.3. The molecule has 2 rings (SSSR count). The molecular weight excluding hydrogens is 294 g/mol. The molecular formula is C18H25NO4. The Morgan fingerprint density at radius 3 is 2.43 bits per heavy atom. The van der Waals surface area contributed by atoms with E-state index >= 15 is 0 Å². The smallest absolute Gasteiger partial charge is 0.213 e. The van der Waals surface area contributed by atoms with Crippen molar-refractivity contribution >= 4 is 10.9 Å². The summed E-state index contributed by atoms with van der Waals surface area (Å²) >= 11 is 0. The van der Waals surface area contributed by atoms with E-state index in [2.05, 4.69) is 18.8 Å². The van der Waals surface area contributed by atoms with Crippen LogP contribution in [0.4, 0.5) is 0 Å². The lowest BCUT2D eigenvalue weighted by Crippen LogP contribution is -2.21. The third-order valence-corrected chi connectivity index (χ3v) is 3.29. The van der Waals surface area contributed by atoms with E-state index in [1.54, 1.807) is 18.2 Å². The van der Waals surface area contributed by atoms with Crippen LogP contribution in [-0.4, -0.2) is 36.2 Å². The summed E-state index contributed by atoms with van der Waals surface area (Å²) in [4.78, 5) is 4.34. The van der Waals surface area contributed by atoms with Crippen molar-refractivity contribution in [1.29, 1.82) is 0 Å². The van der Waals surface area contributed by atoms with Crippen LogP contribution in [0, 0.1) is 0 Å². The Bertz CT molecular complexity index is 595. The van der Waals surface area contributed by atoms with E-state index in [0.29, 0.717) is 37.6 Å². The number of hydrogen-bond acceptors (Lipinski definition) is 5. The number of aromatic hydroxyl groups is 1. The fourth-order valence-corrected chi connectivity index (χ4v) is 2.17. The van der Waals surface area contributed by atoms with Crippen molar-refractivity contribution in [3.05, 3.63) is 30.3 Å². The van der Waals surface area contributed by atoms with Gasteiger partial charge < -0.3 is 19.3 Å². The molecule has 0 atom stereocenters. The predicted octanol–water partition coefficient (Wildman–Crippen LogP) is 3.89. The fourth-order valence-electron chi connectivity index (χ4n) is 2.17. The molecule has 0 saturated heterocycles. The van der Waals surface area contributed by atoms with Crippen LogP contribution in [0.5, 0.6) is 11.6 Å². The molecule has 0 aliphatic heterocycles. The van der Waals surface area contributed by atoms with E-state index in [1.807, 2.05) is 12.1 Å². The van der Waals surface area contributed by atoms with Gasteiger partial charge in [-0.05, 0) is 25.0 Å². The minimum Gasteiger partial charge on any atom is -0.506 e. The Kier molecular flexibility index (Phi) is 7.10. The van der Waals surface area contributed by atoms with Gasteiger partial charge in [0.1, 0.15) is 11.3 Å². The third-order valence-electron chi connectivity index (χ3n) is 3.29. The van der Waals surface area contributed by atoms with E-state index in [-0.39, 0.29) is 12.0 Å². The number of pyridine rings is 1. The summed E-state index contributed by atoms with van der Waals surface area (Å²) in [7, 11) is 0. The lowest BCUT2D eigenvalue weighted by atomic mass is 10.2. The van der Waals surface area contributed by atoms with Gasteiger partial charge in [-0.25, -0.2) is 4.98 Å².